The van der Waals surface area contributed by atoms with Gasteiger partial charge in [-0.2, -0.15) is 0 Å². The van der Waals surface area contributed by atoms with Gasteiger partial charge in [0.15, 0.2) is 5.78 Å². The normalized spacial score (nSPS) is 54.8. The van der Waals surface area contributed by atoms with Crippen molar-refractivity contribution in [3.8, 4) is 0 Å². The summed E-state index contributed by atoms with van der Waals surface area (Å²) in [5, 5.41) is 15.4. The lowest BCUT2D eigenvalue weighted by Gasteiger charge is -2.47. The van der Waals surface area contributed by atoms with Crippen LogP contribution in [0.25, 0.3) is 0 Å². The van der Waals surface area contributed by atoms with Crippen molar-refractivity contribution < 1.29 is 9.90 Å². The van der Waals surface area contributed by atoms with E-state index >= 15 is 0 Å². The Hall–Kier alpha value is -0.670. The molecule has 23 heavy (non-hydrogen) atoms. The summed E-state index contributed by atoms with van der Waals surface area (Å²) in [6.07, 6.45) is 11.0. The summed E-state index contributed by atoms with van der Waals surface area (Å²) < 4.78 is 0. The van der Waals surface area contributed by atoms with Gasteiger partial charge in [-0.15, -0.1) is 0 Å². The van der Waals surface area contributed by atoms with E-state index in [9.17, 15) is 9.90 Å². The van der Waals surface area contributed by atoms with Crippen LogP contribution >= 0.6 is 0 Å². The third kappa shape index (κ3) is 1.93. The first kappa shape index (κ1) is 14.7. The number of nitrogens with one attached hydrogen (secondary N) is 1. The Balaban J connectivity index is 1.57. The predicted molar refractivity (Wildman–Crippen MR) is 88.8 cm³/mol. The largest absolute Gasteiger partial charge is 0.385 e. The van der Waals surface area contributed by atoms with Crippen molar-refractivity contribution in [1.29, 1.82) is 0 Å². The van der Waals surface area contributed by atoms with Crippen LogP contribution in [0.15, 0.2) is 11.6 Å². The lowest BCUT2D eigenvalue weighted by Crippen LogP contribution is -2.57. The summed E-state index contributed by atoms with van der Waals surface area (Å²) in [6, 6.07) is 1.02. The lowest BCUT2D eigenvalue weighted by atomic mass is 9.63. The molecule has 0 aromatic carbocycles. The van der Waals surface area contributed by atoms with Crippen LogP contribution in [0, 0.1) is 29.6 Å². The number of hydrogen-bond acceptors (Lipinski definition) is 3. The molecule has 8 atom stereocenters. The second-order valence-electron chi connectivity index (χ2n) is 9.06. The van der Waals surface area contributed by atoms with E-state index in [0.29, 0.717) is 41.5 Å². The zero-order valence-corrected chi connectivity index (χ0v) is 14.1. The molecule has 0 amide bonds. The maximum absolute atomic E-state index is 12.7. The summed E-state index contributed by atoms with van der Waals surface area (Å²) in [7, 11) is 0. The molecule has 4 fully saturated rings. The van der Waals surface area contributed by atoms with Gasteiger partial charge in [-0.3, -0.25) is 4.79 Å². The molecular formula is C20H29NO2. The molecule has 0 radical (unpaired) electrons. The Morgan fingerprint density at radius 1 is 1.22 bits per heavy atom. The molecule has 2 N–H and O–H groups in total. The first-order valence-corrected chi connectivity index (χ1v) is 9.82. The van der Waals surface area contributed by atoms with Gasteiger partial charge in [-0.1, -0.05) is 12.8 Å². The molecule has 5 rings (SSSR count). The first-order valence-electron chi connectivity index (χ1n) is 9.82. The number of aliphatic hydroxyl groups is 1. The summed E-state index contributed by atoms with van der Waals surface area (Å²) in [5.41, 5.74) is 0.461. The van der Waals surface area contributed by atoms with Gasteiger partial charge >= 0.3 is 0 Å². The Kier molecular flexibility index (Phi) is 3.13. The van der Waals surface area contributed by atoms with E-state index in [1.165, 1.54) is 25.7 Å². The molecule has 1 unspecified atom stereocenters. The highest BCUT2D eigenvalue weighted by Gasteiger charge is 2.62. The van der Waals surface area contributed by atoms with Gasteiger partial charge in [-0.05, 0) is 74.9 Å². The Morgan fingerprint density at radius 2 is 2.04 bits per heavy atom. The lowest BCUT2D eigenvalue weighted by molar-refractivity contribution is -0.122. The van der Waals surface area contributed by atoms with E-state index < -0.39 is 5.60 Å². The maximum Gasteiger partial charge on any atom is 0.159 e. The molecule has 0 spiro atoms. The van der Waals surface area contributed by atoms with Gasteiger partial charge in [0, 0.05) is 23.9 Å². The zero-order chi connectivity index (χ0) is 15.8. The minimum absolute atomic E-state index is 0.259. The first-order chi connectivity index (χ1) is 11.1. The molecular weight excluding hydrogens is 286 g/mol. The molecule has 0 aromatic rings. The monoisotopic (exact) mass is 315 g/mol. The van der Waals surface area contributed by atoms with Crippen LogP contribution in [0.3, 0.4) is 0 Å². The van der Waals surface area contributed by atoms with Gasteiger partial charge in [-0.25, -0.2) is 0 Å². The average molecular weight is 315 g/mol. The smallest absolute Gasteiger partial charge is 0.159 e. The van der Waals surface area contributed by atoms with Crippen molar-refractivity contribution in [1.82, 2.24) is 5.32 Å². The topological polar surface area (TPSA) is 49.3 Å². The van der Waals surface area contributed by atoms with Gasteiger partial charge in [0.05, 0.1) is 5.60 Å². The highest BCUT2D eigenvalue weighted by molar-refractivity contribution is 5.94. The van der Waals surface area contributed by atoms with Gasteiger partial charge in [0.25, 0.3) is 0 Å². The number of ketones is 1. The van der Waals surface area contributed by atoms with E-state index in [0.717, 1.165) is 31.3 Å². The number of carbonyl (C=O) groups excluding carboxylic acids is 1. The molecule has 3 saturated carbocycles. The number of carbonyl (C=O) groups is 1. The van der Waals surface area contributed by atoms with Crippen LogP contribution in [0.4, 0.5) is 0 Å². The highest BCUT2D eigenvalue weighted by atomic mass is 16.3. The molecule has 4 aliphatic carbocycles. The van der Waals surface area contributed by atoms with Crippen molar-refractivity contribution in [3.63, 3.8) is 0 Å². The fourth-order valence-corrected chi connectivity index (χ4v) is 7.11. The van der Waals surface area contributed by atoms with Gasteiger partial charge < -0.3 is 10.4 Å². The van der Waals surface area contributed by atoms with Crippen LogP contribution in [0.5, 0.6) is 0 Å². The Morgan fingerprint density at radius 3 is 2.91 bits per heavy atom. The third-order valence-electron chi connectivity index (χ3n) is 7.95. The molecule has 1 saturated heterocycles. The van der Waals surface area contributed by atoms with E-state index in [-0.39, 0.29) is 5.92 Å². The molecule has 3 heteroatoms. The van der Waals surface area contributed by atoms with Crippen molar-refractivity contribution in [2.24, 2.45) is 29.6 Å². The van der Waals surface area contributed by atoms with Crippen molar-refractivity contribution in [2.75, 3.05) is 0 Å². The van der Waals surface area contributed by atoms with E-state index in [2.05, 4.69) is 12.2 Å². The maximum atomic E-state index is 12.7. The Labute approximate surface area is 138 Å². The second-order valence-corrected chi connectivity index (χ2v) is 9.06. The number of rotatable bonds is 0. The minimum Gasteiger partial charge on any atom is -0.385 e. The highest BCUT2D eigenvalue weighted by Crippen LogP contribution is 2.62. The predicted octanol–water partition coefficient (Wildman–Crippen LogP) is 2.83. The van der Waals surface area contributed by atoms with Crippen LogP contribution in [-0.4, -0.2) is 28.6 Å². The molecule has 0 aromatic heterocycles. The van der Waals surface area contributed by atoms with Crippen molar-refractivity contribution >= 4 is 5.78 Å². The summed E-state index contributed by atoms with van der Waals surface area (Å²) in [6.45, 7) is 2.27. The Bertz CT molecular complexity index is 570. The van der Waals surface area contributed by atoms with Crippen LogP contribution < -0.4 is 5.32 Å². The molecule has 2 bridgehead atoms. The van der Waals surface area contributed by atoms with E-state index in [1.54, 1.807) is 0 Å². The van der Waals surface area contributed by atoms with Crippen molar-refractivity contribution in [2.45, 2.75) is 76.0 Å². The van der Waals surface area contributed by atoms with Crippen LogP contribution in [-0.2, 0) is 4.79 Å². The SMILES string of the molecule is C[C@H]1CC[C@@H]2[C@@H](C[C@H]3C[C@]2(O)C2=CC(=O)[C@@H]4CCCCC4[C@@H]23)N1. The summed E-state index contributed by atoms with van der Waals surface area (Å²) >= 11 is 0. The minimum atomic E-state index is -0.691. The molecule has 5 aliphatic rings. The fraction of sp³-hybridized carbons (Fsp3) is 0.850. The zero-order valence-electron chi connectivity index (χ0n) is 14.1. The van der Waals surface area contributed by atoms with Gasteiger partial charge in [0.1, 0.15) is 0 Å². The quantitative estimate of drug-likeness (QED) is 0.723. The van der Waals surface area contributed by atoms with E-state index in [1.807, 2.05) is 6.08 Å². The number of allylic oxidation sites excluding steroid dienone is 1. The number of fused-ring (bicyclic) bond motifs is 9. The molecule has 1 aliphatic heterocycles. The average Bonchev–Trinajstić information content (AvgIpc) is 2.76. The fourth-order valence-electron chi connectivity index (χ4n) is 7.11. The van der Waals surface area contributed by atoms with Crippen molar-refractivity contribution in [3.05, 3.63) is 11.6 Å². The second kappa shape index (κ2) is 4.92. The van der Waals surface area contributed by atoms with Crippen LogP contribution in [0.2, 0.25) is 0 Å². The standard InChI is InChI=1S/C20H29NO2/c1-11-6-7-15-17(21-11)8-12-10-20(15,23)16-9-18(22)13-4-2-3-5-14(13)19(12)16/h9,11-15,17,19,21,23H,2-8,10H2,1H3/t11-,12-,13+,14?,15+,17+,19-,20+/m0/s1. The molecule has 1 heterocycles. The number of hydrogen-bond donors (Lipinski definition) is 2. The molecule has 3 nitrogen and oxygen atoms in total. The third-order valence-corrected chi connectivity index (χ3v) is 7.95. The van der Waals surface area contributed by atoms with Crippen LogP contribution in [0.1, 0.15) is 58.3 Å². The van der Waals surface area contributed by atoms with E-state index in [4.69, 9.17) is 0 Å². The molecule has 126 valence electrons. The number of piperidine rings is 1. The van der Waals surface area contributed by atoms with Gasteiger partial charge in [0.2, 0.25) is 0 Å². The summed E-state index contributed by atoms with van der Waals surface area (Å²) in [4.78, 5) is 12.7. The summed E-state index contributed by atoms with van der Waals surface area (Å²) in [5.74, 6) is 2.51.